The quantitative estimate of drug-likeness (QED) is 0.0973. The van der Waals surface area contributed by atoms with E-state index in [1.165, 1.54) is 22.9 Å². The number of ether oxygens (including phenoxy) is 3. The number of carbonyl (C=O) groups is 4. The van der Waals surface area contributed by atoms with Gasteiger partial charge in [-0.25, -0.2) is 9.59 Å². The first-order chi connectivity index (χ1) is 47.8. The number of hydrogen-bond acceptors (Lipinski definition) is 11. The van der Waals surface area contributed by atoms with E-state index in [-0.39, 0.29) is 68.2 Å². The number of amides is 4. The molecule has 0 radical (unpaired) electrons. The molecule has 7 heterocycles. The Kier molecular flexibility index (Phi) is 25.8. The van der Waals surface area contributed by atoms with Crippen LogP contribution >= 0.6 is 71.0 Å². The fraction of sp³-hybridized carbons (Fsp3) is 0.231. The van der Waals surface area contributed by atoms with Gasteiger partial charge in [-0.05, 0) is 155 Å². The van der Waals surface area contributed by atoms with Crippen molar-refractivity contribution >= 4 is 118 Å². The van der Waals surface area contributed by atoms with Gasteiger partial charge < -0.3 is 54.3 Å². The van der Waals surface area contributed by atoms with Gasteiger partial charge in [0.15, 0.2) is 11.5 Å². The summed E-state index contributed by atoms with van der Waals surface area (Å²) in [6.45, 7) is 7.95. The van der Waals surface area contributed by atoms with Crippen molar-refractivity contribution in [3.63, 3.8) is 0 Å². The number of benzene rings is 8. The van der Waals surface area contributed by atoms with Gasteiger partial charge in [0.2, 0.25) is 0 Å². The molecule has 504 valence electrons. The third-order valence-corrected chi connectivity index (χ3v) is 20.1. The average Bonchev–Trinajstić information content (AvgIpc) is 1.62. The molecule has 3 saturated heterocycles. The van der Waals surface area contributed by atoms with E-state index < -0.39 is 0 Å². The number of halogens is 5. The van der Waals surface area contributed by atoms with E-state index in [1.807, 2.05) is 170 Å². The first-order valence-corrected chi connectivity index (χ1v) is 35.9. The third kappa shape index (κ3) is 18.9. The van der Waals surface area contributed by atoms with Crippen molar-refractivity contribution in [3.05, 3.63) is 281 Å². The summed E-state index contributed by atoms with van der Waals surface area (Å²) < 4.78 is 30.3. The molecule has 21 heteroatoms. The molecule has 0 bridgehead atoms. The Morgan fingerprint density at radius 1 is 0.505 bits per heavy atom. The van der Waals surface area contributed by atoms with Gasteiger partial charge in [-0.1, -0.05) is 168 Å². The van der Waals surface area contributed by atoms with Gasteiger partial charge in [0.25, 0.3) is 11.8 Å². The van der Waals surface area contributed by atoms with Crippen LogP contribution < -0.4 is 49.6 Å². The minimum atomic E-state index is -0.296. The van der Waals surface area contributed by atoms with Crippen molar-refractivity contribution in [2.45, 2.75) is 50.8 Å². The van der Waals surface area contributed by atoms with Crippen LogP contribution in [0.5, 0.6) is 0 Å². The standard InChI is InChI=1S/C37H31BrClN3O4.C30H26ClN3O4.C7H6Br2.C4H8O.Na.H/c38-32-9-5-4-8-27(32)23-42-33-15-14-31(40-16-18-41(19-17-40)37(44)45-24-25-6-2-1-3-7-25)21-28(33)20-29-22-34(46-35(29)36(42)43)26-10-12-30(39)13-11-26;31-24-8-6-21(7-9-24)27-18-23-16-22-17-25(10-11-26(22)32-29(35)28(23)38-27)33-12-14-34(15-13-33)30(36)37-19-20-4-2-1-3-5-20;8-5-6-3-1-2-4-7(6)9;1-2-4-5-3-1;;/h1-15,21-22H,16-20,23-24H2;1-11,17-18H,12-16,19H2,(H,32,35);1-4H,5H2;1-4H2;;/q;;;;+1;-1. The Hall–Kier alpha value is -7.62. The minimum Gasteiger partial charge on any atom is -1.00 e. The summed E-state index contributed by atoms with van der Waals surface area (Å²) in [5.74, 6) is 1.50. The predicted octanol–water partition coefficient (Wildman–Crippen LogP) is 16.0. The van der Waals surface area contributed by atoms with Gasteiger partial charge >= 0.3 is 41.7 Å². The molecular weight excluding hydrogens is 1500 g/mol. The van der Waals surface area contributed by atoms with E-state index in [9.17, 15) is 19.2 Å². The number of nitrogens with zero attached hydrogens (tertiary/aromatic N) is 5. The summed E-state index contributed by atoms with van der Waals surface area (Å²) in [6, 6.07) is 66.5. The molecule has 3 fully saturated rings. The number of hydrogen-bond donors (Lipinski definition) is 1. The van der Waals surface area contributed by atoms with Gasteiger partial charge in [0.05, 0.1) is 6.54 Å². The van der Waals surface area contributed by atoms with E-state index in [4.69, 9.17) is 46.2 Å². The van der Waals surface area contributed by atoms with E-state index in [0.29, 0.717) is 105 Å². The molecule has 8 aromatic carbocycles. The van der Waals surface area contributed by atoms with Crippen LogP contribution in [0.4, 0.5) is 32.3 Å². The van der Waals surface area contributed by atoms with Crippen LogP contribution in [0.15, 0.2) is 224 Å². The monoisotopic (exact) mass is 1570 g/mol. The van der Waals surface area contributed by atoms with E-state index in [0.717, 1.165) is 95.8 Å². The molecule has 0 atom stereocenters. The molecule has 4 amide bonds. The number of anilines is 4. The molecule has 15 rings (SSSR count). The Balaban J connectivity index is 0.000000179. The molecule has 5 aliphatic rings. The molecule has 2 aromatic heterocycles. The number of rotatable bonds is 11. The largest absolute Gasteiger partial charge is 1.00 e. The number of carbonyl (C=O) groups excluding carboxylic acids is 4. The summed E-state index contributed by atoms with van der Waals surface area (Å²) in [4.78, 5) is 62.2. The third-order valence-electron chi connectivity index (χ3n) is 17.4. The van der Waals surface area contributed by atoms with Gasteiger partial charge in [0, 0.05) is 148 Å². The molecule has 10 aromatic rings. The first-order valence-electron chi connectivity index (χ1n) is 32.5. The normalized spacial score (nSPS) is 14.5. The molecule has 0 aliphatic carbocycles. The van der Waals surface area contributed by atoms with Gasteiger partial charge in [0.1, 0.15) is 24.7 Å². The zero-order valence-corrected chi connectivity index (χ0v) is 62.9. The predicted molar refractivity (Wildman–Crippen MR) is 398 cm³/mol. The van der Waals surface area contributed by atoms with Crippen molar-refractivity contribution in [2.75, 3.05) is 85.6 Å². The topological polar surface area (TPSA) is 150 Å². The van der Waals surface area contributed by atoms with Crippen molar-refractivity contribution in [1.29, 1.82) is 0 Å². The SMILES string of the molecule is BrCc1ccccc1Br.C1CCOC1.O=C(OCc1ccccc1)N1CCN(c2ccc3c(c2)Cc2cc(-c4ccc(Cl)cc4)oc2C(=O)N3Cc2ccccc2Br)CC1.O=C1Nc2ccc(N3CCN(C(=O)OCc4ccccc4)CC3)cc2Cc2cc(-c3ccc(Cl)cc3)oc21.[H-].[Na+]. The van der Waals surface area contributed by atoms with Gasteiger partial charge in [-0.15, -0.1) is 0 Å². The van der Waals surface area contributed by atoms with Gasteiger partial charge in [-0.3, -0.25) is 9.59 Å². The molecule has 15 nitrogen and oxygen atoms in total. The van der Waals surface area contributed by atoms with Crippen molar-refractivity contribution in [1.82, 2.24) is 9.80 Å². The smallest absolute Gasteiger partial charge is 1.00 e. The second-order valence-electron chi connectivity index (χ2n) is 24.0. The van der Waals surface area contributed by atoms with E-state index in [2.05, 4.69) is 87.2 Å². The Morgan fingerprint density at radius 2 is 0.960 bits per heavy atom. The summed E-state index contributed by atoms with van der Waals surface area (Å²) in [5, 5.41) is 5.18. The molecule has 0 spiro atoms. The van der Waals surface area contributed by atoms with Gasteiger partial charge in [-0.2, -0.15) is 0 Å². The fourth-order valence-electron chi connectivity index (χ4n) is 12.0. The summed E-state index contributed by atoms with van der Waals surface area (Å²) >= 11 is 22.6. The Bertz CT molecular complexity index is 4390. The zero-order valence-electron chi connectivity index (χ0n) is 55.7. The van der Waals surface area contributed by atoms with Crippen molar-refractivity contribution in [3.8, 4) is 22.6 Å². The number of furan rings is 2. The maximum absolute atomic E-state index is 14.2. The molecule has 0 saturated carbocycles. The maximum atomic E-state index is 14.2. The summed E-state index contributed by atoms with van der Waals surface area (Å²) in [6.07, 6.45) is 3.08. The number of alkyl halides is 1. The second kappa shape index (κ2) is 35.1. The summed E-state index contributed by atoms with van der Waals surface area (Å²) in [5.41, 5.74) is 13.4. The maximum Gasteiger partial charge on any atom is 1.00 e. The van der Waals surface area contributed by atoms with Crippen LogP contribution in [0.3, 0.4) is 0 Å². The number of piperazine rings is 2. The average molecular weight is 1570 g/mol. The second-order valence-corrected chi connectivity index (χ2v) is 27.1. The van der Waals surface area contributed by atoms with Crippen LogP contribution in [0.1, 0.15) is 79.9 Å². The number of fused-ring (bicyclic) bond motifs is 4. The number of nitrogens with one attached hydrogen (secondary N) is 1. The van der Waals surface area contributed by atoms with E-state index in [1.54, 1.807) is 26.8 Å². The molecule has 1 N–H and O–H groups in total. The molecule has 5 aliphatic heterocycles. The van der Waals surface area contributed by atoms with Crippen LogP contribution in [0, 0.1) is 0 Å². The molecule has 99 heavy (non-hydrogen) atoms. The van der Waals surface area contributed by atoms with Crippen molar-refractivity contribution < 1.29 is 73.2 Å². The van der Waals surface area contributed by atoms with Crippen LogP contribution in [-0.2, 0) is 52.1 Å². The van der Waals surface area contributed by atoms with Crippen LogP contribution in [0.2, 0.25) is 10.0 Å². The Morgan fingerprint density at radius 3 is 1.44 bits per heavy atom. The van der Waals surface area contributed by atoms with Crippen LogP contribution in [-0.4, -0.2) is 99.4 Å². The van der Waals surface area contributed by atoms with E-state index >= 15 is 0 Å². The zero-order chi connectivity index (χ0) is 67.9. The fourth-order valence-corrected chi connectivity index (χ4v) is 14.0. The van der Waals surface area contributed by atoms with Crippen molar-refractivity contribution in [2.24, 2.45) is 0 Å². The summed E-state index contributed by atoms with van der Waals surface area (Å²) in [7, 11) is 0. The molecule has 0 unspecified atom stereocenters. The molecular formula is C78H72Br3Cl2N6NaO9. The Labute approximate surface area is 635 Å². The minimum absolute atomic E-state index is 0. The first kappa shape index (κ1) is 72.6. The van der Waals surface area contributed by atoms with Crippen LogP contribution in [0.25, 0.3) is 22.6 Å².